The van der Waals surface area contributed by atoms with E-state index in [1.165, 1.54) is 12.0 Å². The van der Waals surface area contributed by atoms with E-state index >= 15 is 0 Å². The molecule has 1 unspecified atom stereocenters. The molecule has 0 bridgehead atoms. The van der Waals surface area contributed by atoms with E-state index in [4.69, 9.17) is 0 Å². The second-order valence-electron chi connectivity index (χ2n) is 7.59. The quantitative estimate of drug-likeness (QED) is 0.264. The lowest BCUT2D eigenvalue weighted by atomic mass is 10.2. The molecule has 9 heteroatoms. The first-order valence-corrected chi connectivity index (χ1v) is 12.1. The number of guanidine groups is 1. The number of likely N-dealkylation sites (tertiary alicyclic amines) is 1. The van der Waals surface area contributed by atoms with E-state index in [2.05, 4.69) is 49.5 Å². The van der Waals surface area contributed by atoms with Crippen LogP contribution in [-0.4, -0.2) is 51.7 Å². The molecule has 1 aliphatic heterocycles. The zero-order chi connectivity index (χ0) is 21.4. The first-order chi connectivity index (χ1) is 14.4. The molecule has 1 heterocycles. The van der Waals surface area contributed by atoms with Gasteiger partial charge in [-0.3, -0.25) is 14.6 Å². The molecular weight excluding hydrogens is 525 g/mol. The van der Waals surface area contributed by atoms with Gasteiger partial charge >= 0.3 is 0 Å². The van der Waals surface area contributed by atoms with Crippen molar-refractivity contribution in [2.45, 2.75) is 32.0 Å². The number of rotatable bonds is 8. The lowest BCUT2D eigenvalue weighted by Crippen LogP contribution is -2.44. The SMILES string of the molecule is CN=C(NCc1ccccc1NS(C)(=O)=O)NCC1CCCN1Cc1ccccc1.I. The zero-order valence-corrected chi connectivity index (χ0v) is 21.2. The van der Waals surface area contributed by atoms with Crippen LogP contribution in [0.1, 0.15) is 24.0 Å². The van der Waals surface area contributed by atoms with Crippen LogP contribution < -0.4 is 15.4 Å². The van der Waals surface area contributed by atoms with Gasteiger partial charge in [0, 0.05) is 32.7 Å². The van der Waals surface area contributed by atoms with Gasteiger partial charge in [-0.2, -0.15) is 0 Å². The van der Waals surface area contributed by atoms with Crippen LogP contribution in [0, 0.1) is 0 Å². The lowest BCUT2D eigenvalue weighted by Gasteiger charge is -2.25. The van der Waals surface area contributed by atoms with Crippen LogP contribution in [0.5, 0.6) is 0 Å². The number of aliphatic imine (C=N–C) groups is 1. The van der Waals surface area contributed by atoms with Crippen LogP contribution in [0.2, 0.25) is 0 Å². The molecule has 1 saturated heterocycles. The number of benzene rings is 2. The fourth-order valence-electron chi connectivity index (χ4n) is 3.74. The van der Waals surface area contributed by atoms with Crippen LogP contribution in [0.4, 0.5) is 5.69 Å². The van der Waals surface area contributed by atoms with Gasteiger partial charge in [0.1, 0.15) is 0 Å². The summed E-state index contributed by atoms with van der Waals surface area (Å²) in [6, 6.07) is 18.4. The highest BCUT2D eigenvalue weighted by molar-refractivity contribution is 14.0. The number of hydrogen-bond acceptors (Lipinski definition) is 4. The Hall–Kier alpha value is -1.85. The van der Waals surface area contributed by atoms with Crippen LogP contribution in [0.3, 0.4) is 0 Å². The fraction of sp³-hybridized carbons (Fsp3) is 0.409. The average molecular weight is 558 g/mol. The van der Waals surface area contributed by atoms with Gasteiger partial charge in [-0.25, -0.2) is 8.42 Å². The van der Waals surface area contributed by atoms with Crippen molar-refractivity contribution >= 4 is 45.6 Å². The molecule has 0 spiro atoms. The predicted molar refractivity (Wildman–Crippen MR) is 138 cm³/mol. The smallest absolute Gasteiger partial charge is 0.229 e. The molecule has 0 aromatic heterocycles. The van der Waals surface area contributed by atoms with E-state index in [1.807, 2.05) is 24.3 Å². The van der Waals surface area contributed by atoms with E-state index in [1.54, 1.807) is 13.1 Å². The molecule has 2 aromatic carbocycles. The fourth-order valence-corrected chi connectivity index (χ4v) is 4.34. The maximum absolute atomic E-state index is 11.6. The van der Waals surface area contributed by atoms with Gasteiger partial charge in [0.15, 0.2) is 5.96 Å². The van der Waals surface area contributed by atoms with E-state index < -0.39 is 10.0 Å². The highest BCUT2D eigenvalue weighted by Gasteiger charge is 2.24. The van der Waals surface area contributed by atoms with Gasteiger partial charge in [-0.1, -0.05) is 48.5 Å². The Morgan fingerprint density at radius 2 is 1.81 bits per heavy atom. The van der Waals surface area contributed by atoms with Crippen LogP contribution in [0.15, 0.2) is 59.6 Å². The average Bonchev–Trinajstić information content (AvgIpc) is 3.16. The number of nitrogens with one attached hydrogen (secondary N) is 3. The zero-order valence-electron chi connectivity index (χ0n) is 18.0. The molecule has 0 amide bonds. The molecule has 170 valence electrons. The maximum Gasteiger partial charge on any atom is 0.229 e. The molecule has 3 rings (SSSR count). The summed E-state index contributed by atoms with van der Waals surface area (Å²) in [6.45, 7) is 3.36. The number of hydrogen-bond donors (Lipinski definition) is 3. The summed E-state index contributed by atoms with van der Waals surface area (Å²) >= 11 is 0. The summed E-state index contributed by atoms with van der Waals surface area (Å²) in [5, 5.41) is 6.71. The minimum Gasteiger partial charge on any atom is -0.355 e. The van der Waals surface area contributed by atoms with Crippen molar-refractivity contribution in [1.82, 2.24) is 15.5 Å². The first kappa shape index (κ1) is 25.4. The van der Waals surface area contributed by atoms with Crippen molar-refractivity contribution in [2.75, 3.05) is 31.1 Å². The molecule has 7 nitrogen and oxygen atoms in total. The number of para-hydroxylation sites is 1. The van der Waals surface area contributed by atoms with Gasteiger partial charge in [-0.15, -0.1) is 24.0 Å². The van der Waals surface area contributed by atoms with Crippen molar-refractivity contribution in [3.8, 4) is 0 Å². The maximum atomic E-state index is 11.6. The normalized spacial score (nSPS) is 17.1. The third kappa shape index (κ3) is 8.30. The Kier molecular flexibility index (Phi) is 10.0. The van der Waals surface area contributed by atoms with E-state index in [0.29, 0.717) is 24.2 Å². The summed E-state index contributed by atoms with van der Waals surface area (Å²) in [4.78, 5) is 6.83. The van der Waals surface area contributed by atoms with Crippen molar-refractivity contribution in [3.63, 3.8) is 0 Å². The Morgan fingerprint density at radius 1 is 1.10 bits per heavy atom. The topological polar surface area (TPSA) is 85.8 Å². The van der Waals surface area contributed by atoms with Crippen LogP contribution in [-0.2, 0) is 23.1 Å². The van der Waals surface area contributed by atoms with Crippen molar-refractivity contribution < 1.29 is 8.42 Å². The largest absolute Gasteiger partial charge is 0.355 e. The molecule has 2 aromatic rings. The van der Waals surface area contributed by atoms with Crippen LogP contribution in [0.25, 0.3) is 0 Å². The Bertz CT molecular complexity index is 953. The summed E-state index contributed by atoms with van der Waals surface area (Å²) in [6.07, 6.45) is 3.52. The minimum atomic E-state index is -3.33. The summed E-state index contributed by atoms with van der Waals surface area (Å²) in [7, 11) is -1.58. The molecule has 1 aliphatic rings. The van der Waals surface area contributed by atoms with Gasteiger partial charge in [0.25, 0.3) is 0 Å². The van der Waals surface area contributed by atoms with E-state index in [-0.39, 0.29) is 24.0 Å². The van der Waals surface area contributed by atoms with Gasteiger partial charge in [0.05, 0.1) is 11.9 Å². The lowest BCUT2D eigenvalue weighted by molar-refractivity contribution is 0.245. The number of nitrogens with zero attached hydrogens (tertiary/aromatic N) is 2. The Morgan fingerprint density at radius 3 is 2.52 bits per heavy atom. The standard InChI is InChI=1S/C22H31N5O2S.HI/c1-23-22(24-15-19-11-6-7-13-21(19)26-30(2,28)29)25-16-20-12-8-14-27(20)17-18-9-4-3-5-10-18;/h3-7,9-11,13,20,26H,8,12,14-17H2,1-2H3,(H2,23,24,25);1H. The second-order valence-corrected chi connectivity index (χ2v) is 9.34. The second kappa shape index (κ2) is 12.3. The molecule has 0 radical (unpaired) electrons. The number of sulfonamides is 1. The molecule has 0 aliphatic carbocycles. The van der Waals surface area contributed by atoms with E-state index in [0.717, 1.165) is 37.9 Å². The molecule has 1 fully saturated rings. The number of anilines is 1. The molecule has 3 N–H and O–H groups in total. The Balaban J connectivity index is 0.00000341. The first-order valence-electron chi connectivity index (χ1n) is 10.2. The number of halogens is 1. The van der Waals surface area contributed by atoms with Crippen LogP contribution >= 0.6 is 24.0 Å². The Labute approximate surface area is 202 Å². The molecule has 1 atom stereocenters. The predicted octanol–water partition coefficient (Wildman–Crippen LogP) is 3.01. The summed E-state index contributed by atoms with van der Waals surface area (Å²) in [5.41, 5.74) is 2.77. The minimum absolute atomic E-state index is 0. The van der Waals surface area contributed by atoms with Gasteiger partial charge < -0.3 is 10.6 Å². The van der Waals surface area contributed by atoms with Gasteiger partial charge in [0.2, 0.25) is 10.0 Å². The third-order valence-corrected chi connectivity index (χ3v) is 5.81. The summed E-state index contributed by atoms with van der Waals surface area (Å²) in [5.74, 6) is 0.704. The summed E-state index contributed by atoms with van der Waals surface area (Å²) < 4.78 is 25.7. The molecule has 31 heavy (non-hydrogen) atoms. The highest BCUT2D eigenvalue weighted by Crippen LogP contribution is 2.19. The van der Waals surface area contributed by atoms with Crippen molar-refractivity contribution in [2.24, 2.45) is 4.99 Å². The monoisotopic (exact) mass is 557 g/mol. The molecule has 0 saturated carbocycles. The van der Waals surface area contributed by atoms with E-state index in [9.17, 15) is 8.42 Å². The van der Waals surface area contributed by atoms with Crippen molar-refractivity contribution in [3.05, 3.63) is 65.7 Å². The third-order valence-electron chi connectivity index (χ3n) is 5.22. The van der Waals surface area contributed by atoms with Crippen molar-refractivity contribution in [1.29, 1.82) is 0 Å². The van der Waals surface area contributed by atoms with Gasteiger partial charge in [-0.05, 0) is 36.6 Å². The highest BCUT2D eigenvalue weighted by atomic mass is 127. The molecular formula is C22H32IN5O2S.